The molecule has 0 bridgehead atoms. The second kappa shape index (κ2) is 6.69. The first kappa shape index (κ1) is 15.5. The van der Waals surface area contributed by atoms with Crippen molar-refractivity contribution in [2.24, 2.45) is 0 Å². The van der Waals surface area contributed by atoms with Crippen molar-refractivity contribution in [3.63, 3.8) is 0 Å². The van der Waals surface area contributed by atoms with Crippen LogP contribution in [0.4, 0.5) is 5.69 Å². The number of carbonyl (C=O) groups is 2. The molecule has 0 atom stereocenters. The molecule has 3 N–H and O–H groups in total. The molecule has 0 radical (unpaired) electrons. The third-order valence-corrected chi connectivity index (χ3v) is 3.31. The standard InChI is InChI=1S/C15H21N3O3/c1-11(19)18-13-5-3-12(4-6-13)7-17-14(20)8-21-15(2)9-16-10-15/h3-6,16H,7-10H2,1-2H3,(H,17,20)(H,18,19). The van der Waals surface area contributed by atoms with Crippen molar-refractivity contribution < 1.29 is 14.3 Å². The molecule has 0 saturated carbocycles. The van der Waals surface area contributed by atoms with E-state index in [2.05, 4.69) is 16.0 Å². The van der Waals surface area contributed by atoms with Crippen LogP contribution in [0.1, 0.15) is 19.4 Å². The Morgan fingerprint density at radius 1 is 1.29 bits per heavy atom. The van der Waals surface area contributed by atoms with Gasteiger partial charge >= 0.3 is 0 Å². The van der Waals surface area contributed by atoms with E-state index in [1.807, 2.05) is 19.1 Å². The Balaban J connectivity index is 1.72. The first-order valence-corrected chi connectivity index (χ1v) is 6.95. The Labute approximate surface area is 124 Å². The summed E-state index contributed by atoms with van der Waals surface area (Å²) in [6.45, 7) is 5.53. The quantitative estimate of drug-likeness (QED) is 0.718. The maximum atomic E-state index is 11.7. The molecule has 1 aliphatic rings. The van der Waals surface area contributed by atoms with Gasteiger partial charge in [0.15, 0.2) is 0 Å². The molecule has 1 aliphatic heterocycles. The van der Waals surface area contributed by atoms with Gasteiger partial charge in [-0.15, -0.1) is 0 Å². The van der Waals surface area contributed by atoms with Crippen molar-refractivity contribution in [3.05, 3.63) is 29.8 Å². The highest BCUT2D eigenvalue weighted by molar-refractivity contribution is 5.88. The lowest BCUT2D eigenvalue weighted by Gasteiger charge is -2.38. The van der Waals surface area contributed by atoms with E-state index >= 15 is 0 Å². The van der Waals surface area contributed by atoms with E-state index in [9.17, 15) is 9.59 Å². The van der Waals surface area contributed by atoms with Crippen molar-refractivity contribution >= 4 is 17.5 Å². The molecule has 1 saturated heterocycles. The summed E-state index contributed by atoms with van der Waals surface area (Å²) in [7, 11) is 0. The second-order valence-electron chi connectivity index (χ2n) is 5.50. The van der Waals surface area contributed by atoms with Crippen LogP contribution in [-0.4, -0.2) is 37.1 Å². The lowest BCUT2D eigenvalue weighted by Crippen LogP contribution is -2.59. The Bertz CT molecular complexity index is 509. The predicted octanol–water partition coefficient (Wildman–Crippen LogP) is 0.640. The Kier molecular flexibility index (Phi) is 4.93. The molecule has 6 heteroatoms. The highest BCUT2D eigenvalue weighted by atomic mass is 16.5. The first-order valence-electron chi connectivity index (χ1n) is 6.95. The molecule has 1 heterocycles. The number of hydrogen-bond donors (Lipinski definition) is 3. The Morgan fingerprint density at radius 2 is 1.95 bits per heavy atom. The Morgan fingerprint density at radius 3 is 2.48 bits per heavy atom. The van der Waals surface area contributed by atoms with Crippen LogP contribution in [-0.2, 0) is 20.9 Å². The zero-order valence-electron chi connectivity index (χ0n) is 12.4. The number of rotatable bonds is 6. The molecule has 0 unspecified atom stereocenters. The van der Waals surface area contributed by atoms with Crippen molar-refractivity contribution in [3.8, 4) is 0 Å². The molecule has 2 amide bonds. The normalized spacial score (nSPS) is 15.9. The molecule has 1 aromatic carbocycles. The van der Waals surface area contributed by atoms with Gasteiger partial charge in [-0.3, -0.25) is 9.59 Å². The van der Waals surface area contributed by atoms with E-state index in [0.29, 0.717) is 6.54 Å². The van der Waals surface area contributed by atoms with Gasteiger partial charge in [-0.2, -0.15) is 0 Å². The third-order valence-electron chi connectivity index (χ3n) is 3.31. The van der Waals surface area contributed by atoms with Crippen molar-refractivity contribution in [1.29, 1.82) is 0 Å². The predicted molar refractivity (Wildman–Crippen MR) is 79.8 cm³/mol. The van der Waals surface area contributed by atoms with Crippen LogP contribution in [0.5, 0.6) is 0 Å². The molecule has 0 aromatic heterocycles. The van der Waals surface area contributed by atoms with Crippen molar-refractivity contribution in [2.45, 2.75) is 26.0 Å². The van der Waals surface area contributed by atoms with Crippen LogP contribution in [0.3, 0.4) is 0 Å². The topological polar surface area (TPSA) is 79.5 Å². The maximum absolute atomic E-state index is 11.7. The van der Waals surface area contributed by atoms with Gasteiger partial charge in [0.25, 0.3) is 0 Å². The summed E-state index contributed by atoms with van der Waals surface area (Å²) in [5.74, 6) is -0.235. The summed E-state index contributed by atoms with van der Waals surface area (Å²) >= 11 is 0. The largest absolute Gasteiger partial charge is 0.363 e. The van der Waals surface area contributed by atoms with E-state index in [1.54, 1.807) is 12.1 Å². The van der Waals surface area contributed by atoms with Gasteiger partial charge in [0.05, 0.1) is 5.60 Å². The van der Waals surface area contributed by atoms with E-state index in [-0.39, 0.29) is 24.0 Å². The van der Waals surface area contributed by atoms with Gasteiger partial charge in [0.2, 0.25) is 11.8 Å². The molecular formula is C15H21N3O3. The van der Waals surface area contributed by atoms with E-state index < -0.39 is 0 Å². The fourth-order valence-electron chi connectivity index (χ4n) is 1.98. The third kappa shape index (κ3) is 4.84. The van der Waals surface area contributed by atoms with E-state index in [1.165, 1.54) is 6.92 Å². The fourth-order valence-corrected chi connectivity index (χ4v) is 1.98. The number of nitrogens with one attached hydrogen (secondary N) is 3. The Hall–Kier alpha value is -1.92. The molecule has 0 spiro atoms. The molecule has 21 heavy (non-hydrogen) atoms. The first-order chi connectivity index (χ1) is 9.97. The van der Waals surface area contributed by atoms with Gasteiger partial charge < -0.3 is 20.7 Å². The van der Waals surface area contributed by atoms with Gasteiger partial charge in [-0.05, 0) is 24.6 Å². The summed E-state index contributed by atoms with van der Waals surface area (Å²) in [6.07, 6.45) is 0. The van der Waals surface area contributed by atoms with Crippen LogP contribution in [0.15, 0.2) is 24.3 Å². The minimum absolute atomic E-state index is 0.0716. The molecule has 2 rings (SSSR count). The van der Waals surface area contributed by atoms with Crippen LogP contribution in [0.25, 0.3) is 0 Å². The lowest BCUT2D eigenvalue weighted by atomic mass is 10.0. The van der Waals surface area contributed by atoms with E-state index in [4.69, 9.17) is 4.74 Å². The molecular weight excluding hydrogens is 270 g/mol. The minimum atomic E-state index is -0.211. The fraction of sp³-hybridized carbons (Fsp3) is 0.467. The summed E-state index contributed by atoms with van der Waals surface area (Å²) in [4.78, 5) is 22.6. The SMILES string of the molecule is CC(=O)Nc1ccc(CNC(=O)COC2(C)CNC2)cc1. The number of carbonyl (C=O) groups excluding carboxylic acids is 2. The smallest absolute Gasteiger partial charge is 0.246 e. The van der Waals surface area contributed by atoms with Crippen molar-refractivity contribution in [1.82, 2.24) is 10.6 Å². The second-order valence-corrected chi connectivity index (χ2v) is 5.50. The summed E-state index contributed by atoms with van der Waals surface area (Å²) in [5, 5.41) is 8.62. The summed E-state index contributed by atoms with van der Waals surface area (Å²) in [6, 6.07) is 7.34. The van der Waals surface area contributed by atoms with Gasteiger partial charge in [-0.1, -0.05) is 12.1 Å². The molecule has 1 fully saturated rings. The van der Waals surface area contributed by atoms with Crippen LogP contribution in [0.2, 0.25) is 0 Å². The zero-order chi connectivity index (χ0) is 15.3. The average molecular weight is 291 g/mol. The molecule has 1 aromatic rings. The monoisotopic (exact) mass is 291 g/mol. The van der Waals surface area contributed by atoms with Crippen LogP contribution in [0, 0.1) is 0 Å². The van der Waals surface area contributed by atoms with Crippen LogP contribution >= 0.6 is 0 Å². The van der Waals surface area contributed by atoms with Gasteiger partial charge in [0, 0.05) is 32.2 Å². The number of amides is 2. The number of anilines is 1. The minimum Gasteiger partial charge on any atom is -0.363 e. The molecule has 114 valence electrons. The van der Waals surface area contributed by atoms with Gasteiger partial charge in [0.1, 0.15) is 6.61 Å². The van der Waals surface area contributed by atoms with Gasteiger partial charge in [-0.25, -0.2) is 0 Å². The maximum Gasteiger partial charge on any atom is 0.246 e. The molecule has 6 nitrogen and oxygen atoms in total. The van der Waals surface area contributed by atoms with Crippen molar-refractivity contribution in [2.75, 3.05) is 25.0 Å². The number of hydrogen-bond acceptors (Lipinski definition) is 4. The summed E-state index contributed by atoms with van der Waals surface area (Å²) < 4.78 is 5.56. The lowest BCUT2D eigenvalue weighted by molar-refractivity contribution is -0.136. The zero-order valence-corrected chi connectivity index (χ0v) is 12.4. The number of ether oxygens (including phenoxy) is 1. The molecule has 0 aliphatic carbocycles. The van der Waals surface area contributed by atoms with E-state index in [0.717, 1.165) is 24.3 Å². The highest BCUT2D eigenvalue weighted by Gasteiger charge is 2.32. The average Bonchev–Trinajstić information content (AvgIpc) is 2.41. The van der Waals surface area contributed by atoms with Crippen LogP contribution < -0.4 is 16.0 Å². The summed E-state index contributed by atoms with van der Waals surface area (Å²) in [5.41, 5.74) is 1.50. The number of benzene rings is 1. The highest BCUT2D eigenvalue weighted by Crippen LogP contribution is 2.14.